The van der Waals surface area contributed by atoms with E-state index in [0.29, 0.717) is 17.3 Å². The summed E-state index contributed by atoms with van der Waals surface area (Å²) in [4.78, 5) is 10.2. The minimum absolute atomic E-state index is 0.306. The van der Waals surface area contributed by atoms with Gasteiger partial charge < -0.3 is 4.98 Å². The highest BCUT2D eigenvalue weighted by Crippen LogP contribution is 2.41. The SMILES string of the molecule is Cn1ncc(CN2CCc3nc(-c4ccc(F)cc4F)[nH]c3C2)c1C1CC1. The molecule has 27 heavy (non-hydrogen) atoms. The van der Waals surface area contributed by atoms with Gasteiger partial charge in [0, 0.05) is 56.3 Å². The Kier molecular flexibility index (Phi) is 3.86. The fourth-order valence-electron chi connectivity index (χ4n) is 4.03. The first-order valence-electron chi connectivity index (χ1n) is 9.35. The summed E-state index contributed by atoms with van der Waals surface area (Å²) in [5.41, 5.74) is 4.95. The number of halogens is 2. The van der Waals surface area contributed by atoms with Crippen molar-refractivity contribution in [1.29, 1.82) is 0 Å². The lowest BCUT2D eigenvalue weighted by atomic mass is 10.1. The topological polar surface area (TPSA) is 49.7 Å². The molecule has 0 spiro atoms. The Hall–Kier alpha value is -2.54. The number of aromatic amines is 1. The highest BCUT2D eigenvalue weighted by atomic mass is 19.1. The Bertz CT molecular complexity index is 1000. The third-order valence-corrected chi connectivity index (χ3v) is 5.52. The number of hydrogen-bond donors (Lipinski definition) is 1. The average Bonchev–Trinajstić information content (AvgIpc) is 3.27. The maximum atomic E-state index is 14.1. The van der Waals surface area contributed by atoms with Crippen molar-refractivity contribution in [2.45, 2.75) is 38.3 Å². The summed E-state index contributed by atoms with van der Waals surface area (Å²) in [5, 5.41) is 4.45. The van der Waals surface area contributed by atoms with Crippen LogP contribution in [-0.2, 0) is 26.6 Å². The molecule has 0 radical (unpaired) electrons. The molecule has 1 fully saturated rings. The molecular weight excluding hydrogens is 348 g/mol. The quantitative estimate of drug-likeness (QED) is 0.766. The van der Waals surface area contributed by atoms with Gasteiger partial charge in [0.1, 0.15) is 17.5 Å². The standard InChI is InChI=1S/C20H21F2N5/c1-26-19(12-2-3-12)13(9-23-26)10-27-7-6-17-18(11-27)25-20(24-17)15-5-4-14(21)8-16(15)22/h4-5,8-9,12H,2-3,6-7,10-11H2,1H3,(H,24,25). The van der Waals surface area contributed by atoms with Gasteiger partial charge in [-0.25, -0.2) is 13.8 Å². The van der Waals surface area contributed by atoms with Gasteiger partial charge >= 0.3 is 0 Å². The molecule has 140 valence electrons. The number of nitrogens with one attached hydrogen (secondary N) is 1. The number of H-pyrrole nitrogens is 1. The molecule has 5 rings (SSSR count). The predicted molar refractivity (Wildman–Crippen MR) is 96.9 cm³/mol. The van der Waals surface area contributed by atoms with Gasteiger partial charge in [0.25, 0.3) is 0 Å². The van der Waals surface area contributed by atoms with Crippen molar-refractivity contribution in [3.8, 4) is 11.4 Å². The zero-order chi connectivity index (χ0) is 18.5. The van der Waals surface area contributed by atoms with E-state index in [4.69, 9.17) is 0 Å². The van der Waals surface area contributed by atoms with Crippen molar-refractivity contribution in [2.75, 3.05) is 6.54 Å². The first-order chi connectivity index (χ1) is 13.1. The van der Waals surface area contributed by atoms with Crippen LogP contribution >= 0.6 is 0 Å². The Balaban J connectivity index is 1.36. The zero-order valence-electron chi connectivity index (χ0n) is 15.2. The van der Waals surface area contributed by atoms with Gasteiger partial charge in [-0.05, 0) is 25.0 Å². The van der Waals surface area contributed by atoms with E-state index in [2.05, 4.69) is 20.0 Å². The molecule has 1 aliphatic carbocycles. The van der Waals surface area contributed by atoms with Gasteiger partial charge in [0.05, 0.1) is 23.1 Å². The molecule has 5 nitrogen and oxygen atoms in total. The molecule has 0 unspecified atom stereocenters. The van der Waals surface area contributed by atoms with Crippen molar-refractivity contribution in [3.63, 3.8) is 0 Å². The van der Waals surface area contributed by atoms with Crippen LogP contribution in [0.5, 0.6) is 0 Å². The van der Waals surface area contributed by atoms with Crippen molar-refractivity contribution in [3.05, 3.63) is 58.7 Å². The van der Waals surface area contributed by atoms with E-state index in [1.54, 1.807) is 0 Å². The monoisotopic (exact) mass is 369 g/mol. The second-order valence-corrected chi connectivity index (χ2v) is 7.55. The molecule has 2 aliphatic rings. The van der Waals surface area contributed by atoms with E-state index in [1.165, 1.54) is 36.2 Å². The van der Waals surface area contributed by atoms with Crippen LogP contribution in [0, 0.1) is 11.6 Å². The first-order valence-corrected chi connectivity index (χ1v) is 9.35. The lowest BCUT2D eigenvalue weighted by Gasteiger charge is -2.26. The summed E-state index contributed by atoms with van der Waals surface area (Å²) >= 11 is 0. The number of aryl methyl sites for hydroxylation is 1. The van der Waals surface area contributed by atoms with Crippen LogP contribution < -0.4 is 0 Å². The fourth-order valence-corrected chi connectivity index (χ4v) is 4.03. The summed E-state index contributed by atoms with van der Waals surface area (Å²) < 4.78 is 29.2. The maximum absolute atomic E-state index is 14.1. The fraction of sp³-hybridized carbons (Fsp3) is 0.400. The van der Waals surface area contributed by atoms with E-state index in [-0.39, 0.29) is 0 Å². The van der Waals surface area contributed by atoms with Crippen LogP contribution in [0.25, 0.3) is 11.4 Å². The molecule has 2 aromatic heterocycles. The van der Waals surface area contributed by atoms with Crippen molar-refractivity contribution in [1.82, 2.24) is 24.6 Å². The van der Waals surface area contributed by atoms with Gasteiger partial charge in [-0.15, -0.1) is 0 Å². The van der Waals surface area contributed by atoms with E-state index < -0.39 is 11.6 Å². The Morgan fingerprint density at radius 2 is 2.11 bits per heavy atom. The molecule has 7 heteroatoms. The number of imidazole rings is 1. The smallest absolute Gasteiger partial charge is 0.140 e. The Morgan fingerprint density at radius 3 is 2.89 bits per heavy atom. The van der Waals surface area contributed by atoms with E-state index in [1.807, 2.05) is 17.9 Å². The first kappa shape index (κ1) is 16.6. The minimum Gasteiger partial charge on any atom is -0.340 e. The van der Waals surface area contributed by atoms with Gasteiger partial charge in [0.15, 0.2) is 0 Å². The lowest BCUT2D eigenvalue weighted by Crippen LogP contribution is -2.30. The second kappa shape index (κ2) is 6.27. The molecule has 3 heterocycles. The van der Waals surface area contributed by atoms with Crippen molar-refractivity contribution in [2.24, 2.45) is 7.05 Å². The van der Waals surface area contributed by atoms with Gasteiger partial charge in [-0.2, -0.15) is 5.10 Å². The Morgan fingerprint density at radius 1 is 1.26 bits per heavy atom. The normalized spacial score (nSPS) is 17.3. The number of aromatic nitrogens is 4. The van der Waals surface area contributed by atoms with E-state index in [9.17, 15) is 8.78 Å². The summed E-state index contributed by atoms with van der Waals surface area (Å²) in [6.07, 6.45) is 5.30. The largest absolute Gasteiger partial charge is 0.340 e. The van der Waals surface area contributed by atoms with Crippen LogP contribution in [0.2, 0.25) is 0 Å². The van der Waals surface area contributed by atoms with Crippen LogP contribution in [-0.4, -0.2) is 31.2 Å². The highest BCUT2D eigenvalue weighted by molar-refractivity contribution is 5.57. The van der Waals surface area contributed by atoms with Crippen LogP contribution in [0.4, 0.5) is 8.78 Å². The van der Waals surface area contributed by atoms with Gasteiger partial charge in [-0.3, -0.25) is 9.58 Å². The molecule has 0 atom stereocenters. The second-order valence-electron chi connectivity index (χ2n) is 7.55. The molecule has 0 amide bonds. The third-order valence-electron chi connectivity index (χ3n) is 5.52. The molecule has 1 saturated carbocycles. The maximum Gasteiger partial charge on any atom is 0.140 e. The zero-order valence-corrected chi connectivity index (χ0v) is 15.2. The number of nitrogens with zero attached hydrogens (tertiary/aromatic N) is 4. The van der Waals surface area contributed by atoms with Gasteiger partial charge in [-0.1, -0.05) is 0 Å². The number of benzene rings is 1. The van der Waals surface area contributed by atoms with Crippen molar-refractivity contribution < 1.29 is 8.78 Å². The summed E-state index contributed by atoms with van der Waals surface area (Å²) in [7, 11) is 2.02. The average molecular weight is 369 g/mol. The molecule has 3 aromatic rings. The summed E-state index contributed by atoms with van der Waals surface area (Å²) in [6, 6.07) is 3.59. The predicted octanol–water partition coefficient (Wildman–Crippen LogP) is 3.52. The minimum atomic E-state index is -0.595. The number of rotatable bonds is 4. The third kappa shape index (κ3) is 3.06. The summed E-state index contributed by atoms with van der Waals surface area (Å²) in [6.45, 7) is 2.50. The lowest BCUT2D eigenvalue weighted by molar-refractivity contribution is 0.240. The summed E-state index contributed by atoms with van der Waals surface area (Å²) in [5.74, 6) is -0.0449. The molecule has 1 N–H and O–H groups in total. The number of fused-ring (bicyclic) bond motifs is 1. The van der Waals surface area contributed by atoms with Crippen molar-refractivity contribution >= 4 is 0 Å². The van der Waals surface area contributed by atoms with Crippen LogP contribution in [0.3, 0.4) is 0 Å². The Labute approximate surface area is 156 Å². The number of hydrogen-bond acceptors (Lipinski definition) is 3. The molecule has 0 saturated heterocycles. The van der Waals surface area contributed by atoms with Crippen LogP contribution in [0.1, 0.15) is 41.4 Å². The van der Waals surface area contributed by atoms with E-state index in [0.717, 1.165) is 43.5 Å². The van der Waals surface area contributed by atoms with E-state index >= 15 is 0 Å². The highest BCUT2D eigenvalue weighted by Gasteiger charge is 2.30. The molecular formula is C20H21F2N5. The van der Waals surface area contributed by atoms with Crippen LogP contribution in [0.15, 0.2) is 24.4 Å². The molecule has 1 aromatic carbocycles. The molecule has 1 aliphatic heterocycles. The van der Waals surface area contributed by atoms with Gasteiger partial charge in [0.2, 0.25) is 0 Å². The molecule has 0 bridgehead atoms.